The lowest BCUT2D eigenvalue weighted by atomic mass is 9.84. The summed E-state index contributed by atoms with van der Waals surface area (Å²) in [5, 5.41) is 0. The van der Waals surface area contributed by atoms with Gasteiger partial charge in [0.15, 0.2) is 0 Å². The van der Waals surface area contributed by atoms with Gasteiger partial charge in [0.2, 0.25) is 0 Å². The van der Waals surface area contributed by atoms with E-state index in [-0.39, 0.29) is 11.1 Å². The second-order valence-corrected chi connectivity index (χ2v) is 13.0. The maximum absolute atomic E-state index is 14.8. The highest BCUT2D eigenvalue weighted by Crippen LogP contribution is 2.56. The maximum Gasteiger partial charge on any atom is 0.418 e. The van der Waals surface area contributed by atoms with Crippen molar-refractivity contribution in [2.24, 2.45) is 0 Å². The van der Waals surface area contributed by atoms with Gasteiger partial charge >= 0.3 is 12.4 Å². The quantitative estimate of drug-likeness (QED) is 0.227. The molecule has 0 amide bonds. The SMILES string of the molecule is FC(F)(F)c1c(Br)c(-c2cc3c(cc2Br)CCCC3)c(C(F)(F)F)c(Br)c1-c1cc2c(cc1Br)CCCC2. The molecule has 0 saturated carbocycles. The molecule has 0 heterocycles. The Hall–Kier alpha value is -0.840. The first-order valence-corrected chi connectivity index (χ1v) is 15.3. The molecule has 3 aromatic carbocycles. The van der Waals surface area contributed by atoms with Crippen molar-refractivity contribution in [2.45, 2.75) is 63.7 Å². The molecule has 3 aromatic rings. The van der Waals surface area contributed by atoms with Gasteiger partial charge < -0.3 is 0 Å². The van der Waals surface area contributed by atoms with Crippen LogP contribution in [0.1, 0.15) is 59.1 Å². The zero-order valence-corrected chi connectivity index (χ0v) is 26.1. The monoisotopic (exact) mass is 786 g/mol. The summed E-state index contributed by atoms with van der Waals surface area (Å²) in [5.41, 5.74) is 0.523. The van der Waals surface area contributed by atoms with Gasteiger partial charge in [0, 0.05) is 29.0 Å². The van der Waals surface area contributed by atoms with Crippen molar-refractivity contribution in [1.82, 2.24) is 0 Å². The Morgan fingerprint density at radius 3 is 1.05 bits per heavy atom. The summed E-state index contributed by atoms with van der Waals surface area (Å²) >= 11 is 12.8. The first-order chi connectivity index (χ1) is 17.8. The predicted molar refractivity (Wildman–Crippen MR) is 151 cm³/mol. The van der Waals surface area contributed by atoms with Crippen LogP contribution >= 0.6 is 63.7 Å². The van der Waals surface area contributed by atoms with E-state index in [1.54, 1.807) is 24.3 Å². The lowest BCUT2D eigenvalue weighted by Crippen LogP contribution is -2.17. The third-order valence-electron chi connectivity index (χ3n) is 7.35. The van der Waals surface area contributed by atoms with Crippen LogP contribution in [0, 0.1) is 0 Å². The normalized spacial score (nSPS) is 15.8. The summed E-state index contributed by atoms with van der Waals surface area (Å²) in [7, 11) is 0. The van der Waals surface area contributed by atoms with E-state index in [1.807, 2.05) is 0 Å². The first-order valence-electron chi connectivity index (χ1n) is 12.1. The van der Waals surface area contributed by atoms with Crippen LogP contribution in [0.4, 0.5) is 26.3 Å². The largest absolute Gasteiger partial charge is 0.418 e. The number of hydrogen-bond donors (Lipinski definition) is 0. The third kappa shape index (κ3) is 5.16. The molecule has 0 atom stereocenters. The summed E-state index contributed by atoms with van der Waals surface area (Å²) in [6.45, 7) is 0. The Morgan fingerprint density at radius 1 is 0.474 bits per heavy atom. The van der Waals surface area contributed by atoms with Crippen LogP contribution in [-0.4, -0.2) is 0 Å². The van der Waals surface area contributed by atoms with Gasteiger partial charge in [-0.15, -0.1) is 0 Å². The van der Waals surface area contributed by atoms with Crippen LogP contribution < -0.4 is 0 Å². The molecule has 0 aromatic heterocycles. The Labute approximate surface area is 250 Å². The average molecular weight is 790 g/mol. The zero-order chi connectivity index (χ0) is 27.6. The molecule has 0 radical (unpaired) electrons. The van der Waals surface area contributed by atoms with E-state index in [0.29, 0.717) is 21.8 Å². The lowest BCUT2D eigenvalue weighted by molar-refractivity contribution is -0.141. The molecule has 0 spiro atoms. The van der Waals surface area contributed by atoms with E-state index < -0.39 is 43.6 Å². The van der Waals surface area contributed by atoms with E-state index >= 15 is 0 Å². The molecule has 38 heavy (non-hydrogen) atoms. The number of halogens is 10. The zero-order valence-electron chi connectivity index (χ0n) is 19.7. The minimum absolute atomic E-state index is 0.0760. The Kier molecular flexibility index (Phi) is 7.95. The van der Waals surface area contributed by atoms with Crippen LogP contribution in [0.3, 0.4) is 0 Å². The molecular weight excluding hydrogens is 770 g/mol. The minimum Gasteiger partial charge on any atom is -0.166 e. The molecule has 0 N–H and O–H groups in total. The molecule has 0 aliphatic heterocycles. The molecule has 5 rings (SSSR count). The van der Waals surface area contributed by atoms with E-state index in [1.165, 1.54) is 0 Å². The Bertz CT molecular complexity index is 1330. The maximum atomic E-state index is 14.8. The number of hydrogen-bond acceptors (Lipinski definition) is 0. The summed E-state index contributed by atoms with van der Waals surface area (Å²) in [6.07, 6.45) is -3.29. The van der Waals surface area contributed by atoms with Gasteiger partial charge in [-0.25, -0.2) is 0 Å². The van der Waals surface area contributed by atoms with E-state index in [9.17, 15) is 26.3 Å². The van der Waals surface area contributed by atoms with Crippen molar-refractivity contribution in [1.29, 1.82) is 0 Å². The lowest BCUT2D eigenvalue weighted by Gasteiger charge is -2.27. The summed E-state index contributed by atoms with van der Waals surface area (Å²) in [4.78, 5) is 0. The standard InChI is InChI=1S/C28H20Br4F6/c29-19-11-15-7-3-1-5-13(15)9-17(19)21-23(27(33,34)35)26(32)22(24(25(21)31)28(36,37)38)18-10-14-6-2-4-8-16(14)12-20(18)30/h9-12H,1-8H2. The number of aryl methyl sites for hydroxylation is 4. The van der Waals surface area contributed by atoms with Gasteiger partial charge in [-0.1, -0.05) is 31.9 Å². The number of alkyl halides is 6. The van der Waals surface area contributed by atoms with Gasteiger partial charge in [0.25, 0.3) is 0 Å². The van der Waals surface area contributed by atoms with Crippen LogP contribution in [0.5, 0.6) is 0 Å². The molecule has 0 saturated heterocycles. The highest BCUT2D eigenvalue weighted by molar-refractivity contribution is 9.11. The van der Waals surface area contributed by atoms with Crippen molar-refractivity contribution in [3.8, 4) is 22.3 Å². The van der Waals surface area contributed by atoms with Gasteiger partial charge in [-0.05, 0) is 141 Å². The van der Waals surface area contributed by atoms with Gasteiger partial charge in [0.1, 0.15) is 0 Å². The highest BCUT2D eigenvalue weighted by Gasteiger charge is 2.46. The molecule has 10 heteroatoms. The summed E-state index contributed by atoms with van der Waals surface area (Å²) in [6, 6.07) is 6.70. The van der Waals surface area contributed by atoms with Crippen LogP contribution in [0.25, 0.3) is 22.3 Å². The fourth-order valence-corrected chi connectivity index (χ4v) is 8.47. The molecule has 202 valence electrons. The smallest absolute Gasteiger partial charge is 0.166 e. The van der Waals surface area contributed by atoms with Crippen molar-refractivity contribution in [3.63, 3.8) is 0 Å². The number of benzene rings is 3. The topological polar surface area (TPSA) is 0 Å². The fourth-order valence-electron chi connectivity index (χ4n) is 5.62. The van der Waals surface area contributed by atoms with E-state index in [4.69, 9.17) is 0 Å². The molecular formula is C28H20Br4F6. The van der Waals surface area contributed by atoms with E-state index in [0.717, 1.165) is 60.8 Å². The molecule has 2 aliphatic carbocycles. The van der Waals surface area contributed by atoms with Crippen LogP contribution in [-0.2, 0) is 38.0 Å². The first kappa shape index (κ1) is 28.7. The number of rotatable bonds is 2. The molecule has 2 aliphatic rings. The molecule has 0 fully saturated rings. The highest BCUT2D eigenvalue weighted by atomic mass is 79.9. The van der Waals surface area contributed by atoms with Crippen LogP contribution in [0.2, 0.25) is 0 Å². The molecule has 0 nitrogen and oxygen atoms in total. The van der Waals surface area contributed by atoms with E-state index in [2.05, 4.69) is 63.7 Å². The second-order valence-electron chi connectivity index (χ2n) is 9.74. The Balaban J connectivity index is 1.90. The number of fused-ring (bicyclic) bond motifs is 2. The Morgan fingerprint density at radius 2 is 0.763 bits per heavy atom. The fraction of sp³-hybridized carbons (Fsp3) is 0.357. The van der Waals surface area contributed by atoms with Crippen molar-refractivity contribution in [3.05, 3.63) is 75.5 Å². The molecule has 0 unspecified atom stereocenters. The van der Waals surface area contributed by atoms with Gasteiger partial charge in [-0.2, -0.15) is 26.3 Å². The second kappa shape index (κ2) is 10.5. The van der Waals surface area contributed by atoms with Gasteiger partial charge in [-0.3, -0.25) is 0 Å². The predicted octanol–water partition coefficient (Wildman–Crippen LogP) is 11.9. The summed E-state index contributed by atoms with van der Waals surface area (Å²) in [5.74, 6) is 0. The van der Waals surface area contributed by atoms with Crippen molar-refractivity contribution < 1.29 is 26.3 Å². The third-order valence-corrected chi connectivity index (χ3v) is 10.2. The minimum atomic E-state index is -4.94. The van der Waals surface area contributed by atoms with Crippen molar-refractivity contribution in [2.75, 3.05) is 0 Å². The van der Waals surface area contributed by atoms with Crippen molar-refractivity contribution >= 4 is 63.7 Å². The van der Waals surface area contributed by atoms with Gasteiger partial charge in [0.05, 0.1) is 11.1 Å². The average Bonchev–Trinajstić information content (AvgIpc) is 2.82. The summed E-state index contributed by atoms with van der Waals surface area (Å²) < 4.78 is 88.1. The van der Waals surface area contributed by atoms with Crippen LogP contribution in [0.15, 0.2) is 42.2 Å². The molecule has 0 bridgehead atoms.